The third-order valence-electron chi connectivity index (χ3n) is 0. The van der Waals surface area contributed by atoms with Crippen molar-refractivity contribution in [1.29, 1.82) is 0 Å². The summed E-state index contributed by atoms with van der Waals surface area (Å²) in [6.45, 7) is 0. The molecule has 0 amide bonds. The average molecular weight is 264 g/mol. The first-order valence-corrected chi connectivity index (χ1v) is 0. The molecule has 0 aromatic carbocycles. The van der Waals surface area contributed by atoms with Crippen molar-refractivity contribution in [3.05, 3.63) is 0 Å². The van der Waals surface area contributed by atoms with E-state index in [0.717, 1.165) is 0 Å². The van der Waals surface area contributed by atoms with Crippen LogP contribution in [0.1, 0.15) is 0 Å². The molecule has 0 aliphatic carbocycles. The van der Waals surface area contributed by atoms with Crippen LogP contribution in [0.2, 0.25) is 0 Å². The second-order valence-corrected chi connectivity index (χ2v) is 0. The number of hydrogen-bond acceptors (Lipinski definition) is 0. The molecule has 0 aromatic rings. The van der Waals surface area contributed by atoms with E-state index in [9.17, 15) is 0 Å². The second-order valence-electron chi connectivity index (χ2n) is 0. The summed E-state index contributed by atoms with van der Waals surface area (Å²) in [6.07, 6.45) is 0. The summed E-state index contributed by atoms with van der Waals surface area (Å²) in [5.74, 6) is 0. The van der Waals surface area contributed by atoms with Crippen LogP contribution in [-0.4, -0.2) is 125 Å². The molecule has 24 N–H and O–H groups in total. The first-order chi connectivity index (χ1) is 0. The average Bonchev–Trinajstić information content (AvgIpc) is 0. The van der Waals surface area contributed by atoms with Crippen molar-refractivity contribution < 1.29 is 65.7 Å². The maximum atomic E-state index is 0. The van der Waals surface area contributed by atoms with E-state index >= 15 is 0 Å². The monoisotopic (exact) mass is 264 g/mol. The SMILES string of the molecule is O.O.O.O.O.O.O.O.O.O.O.O.[NaH].[NaH]. The fraction of sp³-hybridized carbons (Fsp3) is 0. The Morgan fingerprint density at radius 1 is 0.143 bits per heavy atom. The predicted octanol–water partition coefficient (Wildman–Crippen LogP) is -11.2. The normalized spacial score (nSPS) is 0. The zero-order chi connectivity index (χ0) is 0. The van der Waals surface area contributed by atoms with Crippen LogP contribution >= 0.6 is 0 Å². The van der Waals surface area contributed by atoms with Crippen molar-refractivity contribution in [3.63, 3.8) is 0 Å². The molecule has 0 fully saturated rings. The quantitative estimate of drug-likeness (QED) is 0.367. The van der Waals surface area contributed by atoms with E-state index < -0.39 is 0 Å². The van der Waals surface area contributed by atoms with Gasteiger partial charge in [0.2, 0.25) is 0 Å². The van der Waals surface area contributed by atoms with E-state index in [-0.39, 0.29) is 125 Å². The van der Waals surface area contributed by atoms with Crippen molar-refractivity contribution in [3.8, 4) is 0 Å². The Kier molecular flexibility index (Phi) is 116000. The molecular formula is H26Na2O12. The Bertz CT molecular complexity index is 8.28. The molecule has 0 unspecified atom stereocenters. The third kappa shape index (κ3) is 917. The van der Waals surface area contributed by atoms with Crippen LogP contribution in [-0.2, 0) is 0 Å². The maximum absolute atomic E-state index is 0. The molecule has 0 spiro atoms. The van der Waals surface area contributed by atoms with Crippen LogP contribution in [0.3, 0.4) is 0 Å². The zero-order valence-corrected chi connectivity index (χ0v) is 6.00. The molecule has 0 atom stereocenters. The molecule has 0 saturated heterocycles. The van der Waals surface area contributed by atoms with Gasteiger partial charge >= 0.3 is 59.1 Å². The first kappa shape index (κ1) is 1420. The van der Waals surface area contributed by atoms with Crippen LogP contribution in [0.25, 0.3) is 0 Å². The van der Waals surface area contributed by atoms with Gasteiger partial charge in [-0.05, 0) is 0 Å². The summed E-state index contributed by atoms with van der Waals surface area (Å²) < 4.78 is 0. The third-order valence-corrected chi connectivity index (χ3v) is 0. The van der Waals surface area contributed by atoms with Gasteiger partial charge in [-0.1, -0.05) is 0 Å². The van der Waals surface area contributed by atoms with Crippen molar-refractivity contribution in [2.24, 2.45) is 0 Å². The summed E-state index contributed by atoms with van der Waals surface area (Å²) in [7, 11) is 0. The summed E-state index contributed by atoms with van der Waals surface area (Å²) in [5, 5.41) is 0. The molecule has 12 nitrogen and oxygen atoms in total. The Balaban J connectivity index is 0. The molecule has 14 heavy (non-hydrogen) atoms. The standard InChI is InChI=1S/2Na.12H2O.2H/h;;12*1H2;;. The van der Waals surface area contributed by atoms with E-state index in [4.69, 9.17) is 0 Å². The Morgan fingerprint density at radius 3 is 0.143 bits per heavy atom. The summed E-state index contributed by atoms with van der Waals surface area (Å²) in [6, 6.07) is 0. The van der Waals surface area contributed by atoms with Gasteiger partial charge in [0.1, 0.15) is 0 Å². The van der Waals surface area contributed by atoms with Crippen LogP contribution in [0.15, 0.2) is 0 Å². The van der Waals surface area contributed by atoms with Gasteiger partial charge in [-0.25, -0.2) is 0 Å². The molecule has 0 rings (SSSR count). The van der Waals surface area contributed by atoms with E-state index in [2.05, 4.69) is 0 Å². The fourth-order valence-electron chi connectivity index (χ4n) is 0. The van der Waals surface area contributed by atoms with Gasteiger partial charge < -0.3 is 65.7 Å². The van der Waals surface area contributed by atoms with Gasteiger partial charge in [-0.3, -0.25) is 0 Å². The predicted molar refractivity (Wildman–Crippen MR) is 57.7 cm³/mol. The summed E-state index contributed by atoms with van der Waals surface area (Å²) in [4.78, 5) is 0. The van der Waals surface area contributed by atoms with Crippen molar-refractivity contribution in [2.45, 2.75) is 0 Å². The minimum atomic E-state index is 0. The second kappa shape index (κ2) is 1150. The molecule has 14 heteroatoms. The number of hydrogen-bond donors (Lipinski definition) is 0. The van der Waals surface area contributed by atoms with Crippen LogP contribution in [0.5, 0.6) is 0 Å². The molecule has 100 valence electrons. The first-order valence-electron chi connectivity index (χ1n) is 0. The van der Waals surface area contributed by atoms with Gasteiger partial charge in [0, 0.05) is 0 Å². The molecule has 0 heterocycles. The minimum absolute atomic E-state index is 0. The van der Waals surface area contributed by atoms with E-state index in [1.165, 1.54) is 0 Å². The van der Waals surface area contributed by atoms with Crippen LogP contribution < -0.4 is 0 Å². The molecule has 0 aliphatic rings. The molecule has 0 bridgehead atoms. The molecule has 0 radical (unpaired) electrons. The van der Waals surface area contributed by atoms with Crippen LogP contribution in [0.4, 0.5) is 0 Å². The molecule has 0 aromatic heterocycles. The van der Waals surface area contributed by atoms with Gasteiger partial charge in [0.15, 0.2) is 0 Å². The van der Waals surface area contributed by atoms with E-state index in [1.807, 2.05) is 0 Å². The Morgan fingerprint density at radius 2 is 0.143 bits per heavy atom. The molecular weight excluding hydrogens is 238 g/mol. The van der Waals surface area contributed by atoms with Crippen molar-refractivity contribution in [1.82, 2.24) is 0 Å². The summed E-state index contributed by atoms with van der Waals surface area (Å²) >= 11 is 0. The topological polar surface area (TPSA) is 378 Å². The zero-order valence-electron chi connectivity index (χ0n) is 6.00. The van der Waals surface area contributed by atoms with E-state index in [0.29, 0.717) is 0 Å². The Labute approximate surface area is 124 Å². The van der Waals surface area contributed by atoms with Gasteiger partial charge in [0.05, 0.1) is 0 Å². The number of rotatable bonds is 0. The van der Waals surface area contributed by atoms with Crippen LogP contribution in [0, 0.1) is 0 Å². The van der Waals surface area contributed by atoms with Gasteiger partial charge in [-0.2, -0.15) is 0 Å². The van der Waals surface area contributed by atoms with Crippen molar-refractivity contribution >= 4 is 59.1 Å². The van der Waals surface area contributed by atoms with E-state index in [1.54, 1.807) is 0 Å². The van der Waals surface area contributed by atoms with Gasteiger partial charge in [-0.15, -0.1) is 0 Å². The van der Waals surface area contributed by atoms with Gasteiger partial charge in [0.25, 0.3) is 0 Å². The van der Waals surface area contributed by atoms with Crippen molar-refractivity contribution in [2.75, 3.05) is 0 Å². The fourth-order valence-corrected chi connectivity index (χ4v) is 0. The summed E-state index contributed by atoms with van der Waals surface area (Å²) in [5.41, 5.74) is 0. The molecule has 0 aliphatic heterocycles. The Hall–Kier alpha value is 1.52. The molecule has 0 saturated carbocycles.